The van der Waals surface area contributed by atoms with E-state index in [9.17, 15) is 0 Å². The molecule has 18 heavy (non-hydrogen) atoms. The van der Waals surface area contributed by atoms with Gasteiger partial charge in [-0.15, -0.1) is 35.9 Å². The molecule has 0 saturated carbocycles. The first kappa shape index (κ1) is 13.2. The third kappa shape index (κ3) is 1.96. The van der Waals surface area contributed by atoms with Crippen LogP contribution in [0, 0.1) is 6.07 Å². The van der Waals surface area contributed by atoms with Crippen molar-refractivity contribution in [2.45, 2.75) is 19.3 Å². The van der Waals surface area contributed by atoms with E-state index in [1.807, 2.05) is 24.3 Å². The van der Waals surface area contributed by atoms with Crippen molar-refractivity contribution in [3.63, 3.8) is 0 Å². The average Bonchev–Trinajstić information content (AvgIpc) is 2.63. The molecule has 0 aromatic heterocycles. The summed E-state index contributed by atoms with van der Waals surface area (Å²) in [6.07, 6.45) is 0. The van der Waals surface area contributed by atoms with Gasteiger partial charge in [0.2, 0.25) is 0 Å². The van der Waals surface area contributed by atoms with E-state index >= 15 is 0 Å². The Morgan fingerprint density at radius 1 is 1.00 bits per heavy atom. The van der Waals surface area contributed by atoms with Crippen LogP contribution in [0.3, 0.4) is 0 Å². The number of hydrogen-bond acceptors (Lipinski definition) is 1. The Labute approximate surface area is 121 Å². The summed E-state index contributed by atoms with van der Waals surface area (Å²) in [6, 6.07) is 19.7. The van der Waals surface area contributed by atoms with E-state index in [2.05, 4.69) is 44.2 Å². The van der Waals surface area contributed by atoms with Gasteiger partial charge in [0.05, 0.1) is 5.69 Å². The third-order valence-electron chi connectivity index (χ3n) is 3.37. The van der Waals surface area contributed by atoms with Gasteiger partial charge in [0.25, 0.3) is 0 Å². The molecule has 3 rings (SSSR count). The van der Waals surface area contributed by atoms with Crippen molar-refractivity contribution in [2.24, 2.45) is 4.99 Å². The largest absolute Gasteiger partial charge is 0.300 e. The van der Waals surface area contributed by atoms with E-state index in [0.29, 0.717) is 0 Å². The van der Waals surface area contributed by atoms with Crippen molar-refractivity contribution >= 4 is 11.4 Å². The number of nitrogens with zero attached hydrogens (tertiary/aromatic N) is 1. The molecule has 0 aliphatic carbocycles. The van der Waals surface area contributed by atoms with Crippen LogP contribution in [0.15, 0.2) is 53.5 Å². The van der Waals surface area contributed by atoms with Gasteiger partial charge in [0, 0.05) is 25.5 Å². The van der Waals surface area contributed by atoms with Crippen LogP contribution in [0.2, 0.25) is 0 Å². The van der Waals surface area contributed by atoms with Gasteiger partial charge in [-0.2, -0.15) is 0 Å². The topological polar surface area (TPSA) is 12.4 Å². The van der Waals surface area contributed by atoms with Crippen molar-refractivity contribution < 1.29 is 20.1 Å². The molecule has 1 nitrogen and oxygen atoms in total. The molecule has 0 fully saturated rings. The molecule has 0 spiro atoms. The molecule has 0 unspecified atom stereocenters. The van der Waals surface area contributed by atoms with E-state index in [0.717, 1.165) is 17.0 Å². The van der Waals surface area contributed by atoms with Crippen LogP contribution in [0.1, 0.15) is 25.0 Å². The second-order valence-corrected chi connectivity index (χ2v) is 4.88. The van der Waals surface area contributed by atoms with Gasteiger partial charge in [-0.25, -0.2) is 0 Å². The summed E-state index contributed by atoms with van der Waals surface area (Å²) in [5, 5.41) is 0. The smallest absolute Gasteiger partial charge is 0.0553 e. The Bertz CT molecular complexity index is 585. The molecular formula is C16H14IrN-. The zero-order valence-electron chi connectivity index (χ0n) is 10.4. The minimum atomic E-state index is -0.0333. The molecule has 0 bridgehead atoms. The SMILES string of the molecule is CC1(C)C(c2[c-]cccc2)=Nc2ccccc21.[Ir]. The zero-order valence-corrected chi connectivity index (χ0v) is 12.8. The molecule has 0 saturated heterocycles. The third-order valence-corrected chi connectivity index (χ3v) is 3.37. The van der Waals surface area contributed by atoms with Crippen molar-refractivity contribution in [1.29, 1.82) is 0 Å². The first-order valence-electron chi connectivity index (χ1n) is 5.85. The fourth-order valence-electron chi connectivity index (χ4n) is 2.42. The Morgan fingerprint density at radius 3 is 2.39 bits per heavy atom. The number of benzene rings is 2. The maximum Gasteiger partial charge on any atom is 0.0553 e. The van der Waals surface area contributed by atoms with Crippen LogP contribution in [0.5, 0.6) is 0 Å². The van der Waals surface area contributed by atoms with E-state index < -0.39 is 0 Å². The molecular weight excluding hydrogens is 398 g/mol. The van der Waals surface area contributed by atoms with Crippen LogP contribution in [-0.2, 0) is 25.5 Å². The van der Waals surface area contributed by atoms with Gasteiger partial charge in [0.15, 0.2) is 0 Å². The van der Waals surface area contributed by atoms with Gasteiger partial charge >= 0.3 is 0 Å². The Balaban J connectivity index is 0.00000120. The van der Waals surface area contributed by atoms with Crippen molar-refractivity contribution in [1.82, 2.24) is 0 Å². The van der Waals surface area contributed by atoms with E-state index in [1.54, 1.807) is 0 Å². The van der Waals surface area contributed by atoms with Gasteiger partial charge in [-0.05, 0) is 17.3 Å². The zero-order chi connectivity index (χ0) is 11.9. The monoisotopic (exact) mass is 413 g/mol. The maximum absolute atomic E-state index is 4.76. The summed E-state index contributed by atoms with van der Waals surface area (Å²) in [5.74, 6) is 0. The predicted molar refractivity (Wildman–Crippen MR) is 70.9 cm³/mol. The number of para-hydroxylation sites is 1. The van der Waals surface area contributed by atoms with Crippen LogP contribution in [-0.4, -0.2) is 5.71 Å². The van der Waals surface area contributed by atoms with Crippen molar-refractivity contribution in [2.75, 3.05) is 0 Å². The molecule has 0 amide bonds. The van der Waals surface area contributed by atoms with E-state index in [-0.39, 0.29) is 25.5 Å². The second kappa shape index (κ2) is 4.79. The number of hydrogen-bond donors (Lipinski definition) is 0. The van der Waals surface area contributed by atoms with Crippen LogP contribution >= 0.6 is 0 Å². The van der Waals surface area contributed by atoms with E-state index in [4.69, 9.17) is 4.99 Å². The van der Waals surface area contributed by atoms with Crippen LogP contribution in [0.4, 0.5) is 5.69 Å². The second-order valence-electron chi connectivity index (χ2n) is 4.88. The Morgan fingerprint density at radius 2 is 1.72 bits per heavy atom. The van der Waals surface area contributed by atoms with Gasteiger partial charge < -0.3 is 0 Å². The van der Waals surface area contributed by atoms with E-state index in [1.165, 1.54) is 5.56 Å². The van der Waals surface area contributed by atoms with Crippen LogP contribution < -0.4 is 0 Å². The summed E-state index contributed by atoms with van der Waals surface area (Å²) in [6.45, 7) is 4.44. The molecule has 2 heteroatoms. The Kier molecular flexibility index (Phi) is 3.52. The minimum absolute atomic E-state index is 0. The predicted octanol–water partition coefficient (Wildman–Crippen LogP) is 3.90. The summed E-state index contributed by atoms with van der Waals surface area (Å²) in [5.41, 5.74) is 4.55. The first-order chi connectivity index (χ1) is 8.19. The molecule has 1 aliphatic rings. The van der Waals surface area contributed by atoms with Crippen LogP contribution in [0.25, 0.3) is 0 Å². The summed E-state index contributed by atoms with van der Waals surface area (Å²) < 4.78 is 0. The van der Waals surface area contributed by atoms with Crippen molar-refractivity contribution in [3.8, 4) is 0 Å². The molecule has 1 aliphatic heterocycles. The molecule has 0 N–H and O–H groups in total. The number of rotatable bonds is 1. The fraction of sp³-hybridized carbons (Fsp3) is 0.188. The standard InChI is InChI=1S/C16H14N.Ir/c1-16(2)13-10-6-7-11-14(13)17-15(16)12-8-4-3-5-9-12;/h3-8,10-11H,1-2H3;/q-1;. The summed E-state index contributed by atoms with van der Waals surface area (Å²) >= 11 is 0. The molecule has 2 aromatic rings. The molecule has 1 heterocycles. The number of fused-ring (bicyclic) bond motifs is 1. The molecule has 93 valence electrons. The van der Waals surface area contributed by atoms with Gasteiger partial charge in [0.1, 0.15) is 0 Å². The Hall–Kier alpha value is -1.24. The molecule has 2 aromatic carbocycles. The van der Waals surface area contributed by atoms with Gasteiger partial charge in [-0.1, -0.05) is 32.0 Å². The van der Waals surface area contributed by atoms with Gasteiger partial charge in [-0.3, -0.25) is 4.99 Å². The average molecular weight is 413 g/mol. The molecule has 0 atom stereocenters. The summed E-state index contributed by atoms with van der Waals surface area (Å²) in [7, 11) is 0. The fourth-order valence-corrected chi connectivity index (χ4v) is 2.42. The maximum atomic E-state index is 4.76. The summed E-state index contributed by atoms with van der Waals surface area (Å²) in [4.78, 5) is 4.76. The minimum Gasteiger partial charge on any atom is -0.300 e. The number of aliphatic imine (C=N–C) groups is 1. The first-order valence-corrected chi connectivity index (χ1v) is 5.85. The van der Waals surface area contributed by atoms with Crippen molar-refractivity contribution in [3.05, 3.63) is 65.7 Å². The molecule has 1 radical (unpaired) electrons. The normalized spacial score (nSPS) is 15.6. The quantitative estimate of drug-likeness (QED) is 0.630.